The van der Waals surface area contributed by atoms with Gasteiger partial charge < -0.3 is 26.4 Å². The van der Waals surface area contributed by atoms with Crippen LogP contribution in [0.25, 0.3) is 11.3 Å². The summed E-state index contributed by atoms with van der Waals surface area (Å²) in [7, 11) is 0. The number of nitrogens with two attached hydrogens (primary N) is 1. The number of halogens is 3. The highest BCUT2D eigenvalue weighted by Gasteiger charge is 2.19. The highest BCUT2D eigenvalue weighted by molar-refractivity contribution is 6.05. The van der Waals surface area contributed by atoms with E-state index in [1.165, 1.54) is 12.4 Å². The molecular weight excluding hydrogens is 468 g/mol. The van der Waals surface area contributed by atoms with Gasteiger partial charge in [-0.25, -0.2) is 18.7 Å². The minimum Gasteiger partial charge on any atom is -0.490 e. The third-order valence-electron chi connectivity index (χ3n) is 5.08. The van der Waals surface area contributed by atoms with Crippen LogP contribution >= 0.6 is 12.4 Å². The number of ether oxygens (including phenoxy) is 1. The van der Waals surface area contributed by atoms with Crippen LogP contribution in [0.1, 0.15) is 16.9 Å². The zero-order chi connectivity index (χ0) is 23.2. The summed E-state index contributed by atoms with van der Waals surface area (Å²) >= 11 is 0. The molecule has 2 aromatic heterocycles. The first-order chi connectivity index (χ1) is 16.0. The molecule has 1 aromatic carbocycles. The van der Waals surface area contributed by atoms with E-state index in [9.17, 15) is 13.6 Å². The van der Waals surface area contributed by atoms with E-state index in [0.717, 1.165) is 31.8 Å². The maximum absolute atomic E-state index is 14.8. The van der Waals surface area contributed by atoms with Crippen molar-refractivity contribution in [3.63, 3.8) is 0 Å². The Morgan fingerprint density at radius 2 is 2.09 bits per heavy atom. The maximum Gasteiger partial charge on any atom is 0.278 e. The molecule has 0 spiro atoms. The van der Waals surface area contributed by atoms with Gasteiger partial charge in [-0.05, 0) is 24.6 Å². The van der Waals surface area contributed by atoms with Gasteiger partial charge in [0.15, 0.2) is 23.1 Å². The van der Waals surface area contributed by atoms with E-state index in [1.807, 2.05) is 0 Å². The fourth-order valence-corrected chi connectivity index (χ4v) is 3.39. The molecule has 180 valence electrons. The van der Waals surface area contributed by atoms with Crippen LogP contribution < -0.4 is 26.4 Å². The fourth-order valence-electron chi connectivity index (χ4n) is 3.39. The van der Waals surface area contributed by atoms with Crippen molar-refractivity contribution < 1.29 is 18.3 Å². The molecule has 3 aromatic rings. The Kier molecular flexibility index (Phi) is 8.63. The van der Waals surface area contributed by atoms with Gasteiger partial charge in [0.2, 0.25) is 0 Å². The van der Waals surface area contributed by atoms with Crippen molar-refractivity contribution in [3.8, 4) is 17.0 Å². The molecule has 0 bridgehead atoms. The fraction of sp³-hybridized carbons (Fsp3) is 0.273. The minimum atomic E-state index is -0.762. The SMILES string of the molecule is Cl.Nc1ncc(-c2cc(F)c(OCCC3CNCCN3)cc2F)nc1C(=O)Nc1cccnc1. The van der Waals surface area contributed by atoms with Gasteiger partial charge in [0, 0.05) is 43.5 Å². The van der Waals surface area contributed by atoms with Gasteiger partial charge in [-0.1, -0.05) is 0 Å². The maximum atomic E-state index is 14.8. The second kappa shape index (κ2) is 11.6. The highest BCUT2D eigenvalue weighted by atomic mass is 35.5. The van der Waals surface area contributed by atoms with E-state index in [1.54, 1.807) is 18.3 Å². The first-order valence-corrected chi connectivity index (χ1v) is 10.4. The molecule has 1 aliphatic heterocycles. The average Bonchev–Trinajstić information content (AvgIpc) is 2.83. The molecule has 4 rings (SSSR count). The predicted molar refractivity (Wildman–Crippen MR) is 126 cm³/mol. The average molecular weight is 492 g/mol. The summed E-state index contributed by atoms with van der Waals surface area (Å²) in [6.07, 6.45) is 4.82. The number of anilines is 2. The zero-order valence-electron chi connectivity index (χ0n) is 18.1. The van der Waals surface area contributed by atoms with Crippen molar-refractivity contribution in [1.82, 2.24) is 25.6 Å². The number of piperazine rings is 1. The van der Waals surface area contributed by atoms with E-state index < -0.39 is 17.5 Å². The third-order valence-corrected chi connectivity index (χ3v) is 5.08. The van der Waals surface area contributed by atoms with E-state index in [-0.39, 0.29) is 53.6 Å². The molecule has 1 unspecified atom stereocenters. The molecule has 1 amide bonds. The number of nitrogens with zero attached hydrogens (tertiary/aromatic N) is 3. The number of rotatable bonds is 7. The lowest BCUT2D eigenvalue weighted by atomic mass is 10.1. The number of pyridine rings is 1. The van der Waals surface area contributed by atoms with Gasteiger partial charge in [0.25, 0.3) is 5.91 Å². The first-order valence-electron chi connectivity index (χ1n) is 10.4. The van der Waals surface area contributed by atoms with Gasteiger partial charge in [0.1, 0.15) is 5.82 Å². The number of benzene rings is 1. The van der Waals surface area contributed by atoms with E-state index in [4.69, 9.17) is 10.5 Å². The van der Waals surface area contributed by atoms with E-state index in [2.05, 4.69) is 30.9 Å². The summed E-state index contributed by atoms with van der Waals surface area (Å²) < 4.78 is 34.9. The summed E-state index contributed by atoms with van der Waals surface area (Å²) in [5.74, 6) is -2.51. The summed E-state index contributed by atoms with van der Waals surface area (Å²) in [6, 6.07) is 5.42. The Hall–Kier alpha value is -3.41. The van der Waals surface area contributed by atoms with Crippen LogP contribution in [0.3, 0.4) is 0 Å². The molecule has 12 heteroatoms. The number of carbonyl (C=O) groups is 1. The van der Waals surface area contributed by atoms with Gasteiger partial charge in [0.05, 0.1) is 30.4 Å². The Balaban J connectivity index is 0.00000324. The highest BCUT2D eigenvalue weighted by Crippen LogP contribution is 2.29. The van der Waals surface area contributed by atoms with E-state index >= 15 is 0 Å². The smallest absolute Gasteiger partial charge is 0.278 e. The molecule has 5 N–H and O–H groups in total. The van der Waals surface area contributed by atoms with Crippen molar-refractivity contribution in [3.05, 3.63) is 60.2 Å². The first kappa shape index (κ1) is 25.2. The number of carbonyl (C=O) groups excluding carboxylic acids is 1. The molecule has 1 fully saturated rings. The van der Waals surface area contributed by atoms with Crippen LogP contribution in [0.5, 0.6) is 5.75 Å². The van der Waals surface area contributed by atoms with Gasteiger partial charge in [-0.2, -0.15) is 0 Å². The van der Waals surface area contributed by atoms with Crippen molar-refractivity contribution >= 4 is 29.8 Å². The van der Waals surface area contributed by atoms with Crippen molar-refractivity contribution in [2.24, 2.45) is 0 Å². The quantitative estimate of drug-likeness (QED) is 0.397. The monoisotopic (exact) mass is 491 g/mol. The Labute approximate surface area is 201 Å². The van der Waals surface area contributed by atoms with Crippen LogP contribution in [-0.2, 0) is 0 Å². The molecule has 1 saturated heterocycles. The number of hydrogen-bond donors (Lipinski definition) is 4. The number of nitrogens with one attached hydrogen (secondary N) is 3. The van der Waals surface area contributed by atoms with Gasteiger partial charge in [-0.15, -0.1) is 12.4 Å². The third kappa shape index (κ3) is 6.13. The van der Waals surface area contributed by atoms with Gasteiger partial charge >= 0.3 is 0 Å². The normalized spacial score (nSPS) is 15.3. The van der Waals surface area contributed by atoms with Crippen LogP contribution in [0.2, 0.25) is 0 Å². The predicted octanol–water partition coefficient (Wildman–Crippen LogP) is 2.40. The Morgan fingerprint density at radius 1 is 1.24 bits per heavy atom. The second-order valence-electron chi connectivity index (χ2n) is 7.44. The molecule has 3 heterocycles. The van der Waals surface area contributed by atoms with Crippen LogP contribution in [0, 0.1) is 11.6 Å². The summed E-state index contributed by atoms with van der Waals surface area (Å²) in [4.78, 5) is 24.5. The van der Waals surface area contributed by atoms with Crippen LogP contribution in [-0.4, -0.2) is 53.1 Å². The van der Waals surface area contributed by atoms with Gasteiger partial charge in [-0.3, -0.25) is 9.78 Å². The molecule has 0 radical (unpaired) electrons. The summed E-state index contributed by atoms with van der Waals surface area (Å²) in [5, 5.41) is 9.16. The largest absolute Gasteiger partial charge is 0.490 e. The number of aromatic nitrogens is 3. The molecule has 0 saturated carbocycles. The van der Waals surface area contributed by atoms with E-state index in [0.29, 0.717) is 12.1 Å². The summed E-state index contributed by atoms with van der Waals surface area (Å²) in [5.41, 5.74) is 5.78. The number of amides is 1. The topological polar surface area (TPSA) is 127 Å². The molecule has 1 atom stereocenters. The lowest BCUT2D eigenvalue weighted by Crippen LogP contribution is -2.48. The Bertz CT molecular complexity index is 1130. The summed E-state index contributed by atoms with van der Waals surface area (Å²) in [6.45, 7) is 2.79. The second-order valence-corrected chi connectivity index (χ2v) is 7.44. The van der Waals surface area contributed by atoms with Crippen molar-refractivity contribution in [1.29, 1.82) is 0 Å². The molecule has 0 aliphatic carbocycles. The standard InChI is InChI=1S/C22H23F2N7O2.ClH/c23-16-9-19(33-7-3-13-10-27-5-6-28-13)17(24)8-15(16)18-12-29-21(25)20(31-18)22(32)30-14-2-1-4-26-11-14;/h1-2,4,8-9,11-13,27-28H,3,5-7,10H2,(H2,25,29)(H,30,32);1H. The van der Waals surface area contributed by atoms with Crippen molar-refractivity contribution in [2.75, 3.05) is 37.3 Å². The molecule has 1 aliphatic rings. The lowest BCUT2D eigenvalue weighted by Gasteiger charge is -2.24. The molecular formula is C22H24ClF2N7O2. The zero-order valence-corrected chi connectivity index (χ0v) is 18.9. The lowest BCUT2D eigenvalue weighted by molar-refractivity contribution is 0.102. The molecule has 34 heavy (non-hydrogen) atoms. The number of hydrogen-bond acceptors (Lipinski definition) is 8. The van der Waals surface area contributed by atoms with Crippen LogP contribution in [0.15, 0.2) is 42.9 Å². The minimum absolute atomic E-state index is 0. The number of nitrogen functional groups attached to an aromatic ring is 1. The van der Waals surface area contributed by atoms with Crippen LogP contribution in [0.4, 0.5) is 20.3 Å². The molecule has 9 nitrogen and oxygen atoms in total. The Morgan fingerprint density at radius 3 is 2.82 bits per heavy atom. The van der Waals surface area contributed by atoms with Crippen molar-refractivity contribution in [2.45, 2.75) is 12.5 Å².